The van der Waals surface area contributed by atoms with Crippen molar-refractivity contribution < 1.29 is 14.0 Å². The van der Waals surface area contributed by atoms with E-state index in [2.05, 4.69) is 15.6 Å². The molecular weight excluding hydrogens is 482 g/mol. The van der Waals surface area contributed by atoms with Gasteiger partial charge in [0.1, 0.15) is 5.52 Å². The van der Waals surface area contributed by atoms with Crippen molar-refractivity contribution in [3.63, 3.8) is 0 Å². The van der Waals surface area contributed by atoms with Gasteiger partial charge in [-0.3, -0.25) is 9.59 Å². The van der Waals surface area contributed by atoms with E-state index < -0.39 is 0 Å². The zero-order valence-corrected chi connectivity index (χ0v) is 21.0. The molecule has 5 aromatic rings. The molecule has 2 amide bonds. The maximum Gasteiger partial charge on any atom is 0.237 e. The van der Waals surface area contributed by atoms with Crippen molar-refractivity contribution in [1.82, 2.24) is 4.98 Å². The molecule has 1 unspecified atom stereocenters. The smallest absolute Gasteiger partial charge is 0.237 e. The fraction of sp³-hybridized carbons (Fsp3) is 0.100. The SMILES string of the molecule is CC(Sc1ccc(NC(=O)Cc2ccccc2)cc1)C(=O)Nc1ccc(-c2nc3ccccc3o2)cc1. The Kier molecular flexibility index (Phi) is 7.33. The molecule has 1 heterocycles. The molecular formula is C30H25N3O3S. The quantitative estimate of drug-likeness (QED) is 0.226. The summed E-state index contributed by atoms with van der Waals surface area (Å²) in [5.74, 6) is 0.379. The summed E-state index contributed by atoms with van der Waals surface area (Å²) in [4.78, 5) is 30.5. The minimum Gasteiger partial charge on any atom is -0.436 e. The zero-order valence-electron chi connectivity index (χ0n) is 20.2. The first-order valence-corrected chi connectivity index (χ1v) is 12.8. The molecule has 0 saturated carbocycles. The number of oxazole rings is 1. The van der Waals surface area contributed by atoms with Crippen LogP contribution in [0, 0.1) is 0 Å². The monoisotopic (exact) mass is 507 g/mol. The third kappa shape index (κ3) is 6.26. The van der Waals surface area contributed by atoms with Crippen LogP contribution in [0.25, 0.3) is 22.6 Å². The van der Waals surface area contributed by atoms with E-state index in [-0.39, 0.29) is 17.1 Å². The van der Waals surface area contributed by atoms with Gasteiger partial charge in [0.15, 0.2) is 5.58 Å². The van der Waals surface area contributed by atoms with Crippen molar-refractivity contribution in [3.8, 4) is 11.5 Å². The predicted octanol–water partition coefficient (Wildman–Crippen LogP) is 6.80. The third-order valence-corrected chi connectivity index (χ3v) is 6.83. The Morgan fingerprint density at radius 2 is 1.46 bits per heavy atom. The Labute approximate surface area is 219 Å². The number of anilines is 2. The van der Waals surface area contributed by atoms with Crippen molar-refractivity contribution in [2.75, 3.05) is 10.6 Å². The summed E-state index contributed by atoms with van der Waals surface area (Å²) in [6.07, 6.45) is 0.324. The molecule has 0 spiro atoms. The lowest BCUT2D eigenvalue weighted by atomic mass is 10.1. The molecule has 0 saturated heterocycles. The van der Waals surface area contributed by atoms with E-state index in [1.807, 2.05) is 110 Å². The highest BCUT2D eigenvalue weighted by Gasteiger charge is 2.15. The Hall–Kier alpha value is -4.36. The topological polar surface area (TPSA) is 84.2 Å². The lowest BCUT2D eigenvalue weighted by molar-refractivity contribution is -0.116. The second-order valence-electron chi connectivity index (χ2n) is 8.55. The summed E-state index contributed by atoms with van der Waals surface area (Å²) in [7, 11) is 0. The largest absolute Gasteiger partial charge is 0.436 e. The number of nitrogens with zero attached hydrogens (tertiary/aromatic N) is 1. The average Bonchev–Trinajstić information content (AvgIpc) is 3.35. The normalized spacial score (nSPS) is 11.7. The first-order chi connectivity index (χ1) is 18.0. The standard InChI is InChI=1S/C30H25N3O3S/c1-20(37-25-17-15-23(16-18-25)31-28(34)19-21-7-3-2-4-8-21)29(35)32-24-13-11-22(12-14-24)30-33-26-9-5-6-10-27(26)36-30/h2-18,20H,19H2,1H3,(H,31,34)(H,32,35). The van der Waals surface area contributed by atoms with Crippen LogP contribution in [0.3, 0.4) is 0 Å². The van der Waals surface area contributed by atoms with Gasteiger partial charge in [0.2, 0.25) is 17.7 Å². The van der Waals surface area contributed by atoms with E-state index >= 15 is 0 Å². The van der Waals surface area contributed by atoms with Gasteiger partial charge in [-0.1, -0.05) is 42.5 Å². The van der Waals surface area contributed by atoms with Gasteiger partial charge in [0.25, 0.3) is 0 Å². The zero-order chi connectivity index (χ0) is 25.6. The maximum absolute atomic E-state index is 12.8. The molecule has 37 heavy (non-hydrogen) atoms. The van der Waals surface area contributed by atoms with Gasteiger partial charge in [-0.25, -0.2) is 4.98 Å². The number of hydrogen-bond acceptors (Lipinski definition) is 5. The summed E-state index contributed by atoms with van der Waals surface area (Å²) in [6, 6.07) is 32.2. The van der Waals surface area contributed by atoms with Gasteiger partial charge in [-0.05, 0) is 73.2 Å². The predicted molar refractivity (Wildman–Crippen MR) is 149 cm³/mol. The molecule has 0 bridgehead atoms. The Balaban J connectivity index is 1.13. The Morgan fingerprint density at radius 1 is 0.811 bits per heavy atom. The van der Waals surface area contributed by atoms with Crippen LogP contribution in [0.2, 0.25) is 0 Å². The van der Waals surface area contributed by atoms with E-state index in [1.54, 1.807) is 0 Å². The summed E-state index contributed by atoms with van der Waals surface area (Å²) < 4.78 is 5.81. The number of fused-ring (bicyclic) bond motifs is 1. The summed E-state index contributed by atoms with van der Waals surface area (Å²) >= 11 is 1.45. The molecule has 5 rings (SSSR count). The number of carbonyl (C=O) groups is 2. The van der Waals surface area contributed by atoms with Crippen molar-refractivity contribution >= 4 is 46.1 Å². The number of aromatic nitrogens is 1. The number of hydrogen-bond donors (Lipinski definition) is 2. The van der Waals surface area contributed by atoms with Crippen molar-refractivity contribution in [1.29, 1.82) is 0 Å². The van der Waals surface area contributed by atoms with Crippen LogP contribution >= 0.6 is 11.8 Å². The van der Waals surface area contributed by atoms with Gasteiger partial charge in [-0.2, -0.15) is 0 Å². The minimum atomic E-state index is -0.310. The van der Waals surface area contributed by atoms with Gasteiger partial charge in [0.05, 0.1) is 11.7 Å². The molecule has 0 aliphatic heterocycles. The number of nitrogens with one attached hydrogen (secondary N) is 2. The van der Waals surface area contributed by atoms with Crippen molar-refractivity contribution in [3.05, 3.63) is 109 Å². The molecule has 1 aromatic heterocycles. The first kappa shape index (κ1) is 24.3. The van der Waals surface area contributed by atoms with Crippen LogP contribution in [0.15, 0.2) is 112 Å². The van der Waals surface area contributed by atoms with Crippen LogP contribution in [0.5, 0.6) is 0 Å². The second kappa shape index (κ2) is 11.1. The summed E-state index contributed by atoms with van der Waals surface area (Å²) in [5.41, 5.74) is 4.78. The van der Waals surface area contributed by atoms with Crippen LogP contribution in [-0.2, 0) is 16.0 Å². The fourth-order valence-corrected chi connectivity index (χ4v) is 4.66. The molecule has 0 fully saturated rings. The molecule has 184 valence electrons. The average molecular weight is 508 g/mol. The van der Waals surface area contributed by atoms with Crippen LogP contribution in [-0.4, -0.2) is 22.0 Å². The number of carbonyl (C=O) groups excluding carboxylic acids is 2. The summed E-state index contributed by atoms with van der Waals surface area (Å²) in [5, 5.41) is 5.56. The molecule has 2 N–H and O–H groups in total. The van der Waals surface area contributed by atoms with Gasteiger partial charge >= 0.3 is 0 Å². The molecule has 1 atom stereocenters. The van der Waals surface area contributed by atoms with Crippen molar-refractivity contribution in [2.45, 2.75) is 23.5 Å². The van der Waals surface area contributed by atoms with Crippen molar-refractivity contribution in [2.24, 2.45) is 0 Å². The van der Waals surface area contributed by atoms with Gasteiger partial charge in [-0.15, -0.1) is 11.8 Å². The molecule has 4 aromatic carbocycles. The highest BCUT2D eigenvalue weighted by atomic mass is 32.2. The number of amides is 2. The molecule has 0 aliphatic carbocycles. The number of rotatable bonds is 8. The molecule has 0 aliphatic rings. The molecule has 7 heteroatoms. The van der Waals surface area contributed by atoms with Crippen LogP contribution < -0.4 is 10.6 Å². The first-order valence-electron chi connectivity index (χ1n) is 11.9. The summed E-state index contributed by atoms with van der Waals surface area (Å²) in [6.45, 7) is 1.86. The van der Waals surface area contributed by atoms with Gasteiger partial charge in [0, 0.05) is 21.8 Å². The maximum atomic E-state index is 12.8. The van der Waals surface area contributed by atoms with E-state index in [4.69, 9.17) is 4.42 Å². The van der Waals surface area contributed by atoms with E-state index in [0.717, 1.165) is 32.8 Å². The second-order valence-corrected chi connectivity index (χ2v) is 9.96. The molecule has 0 radical (unpaired) electrons. The number of para-hydroxylation sites is 2. The molecule has 6 nitrogen and oxygen atoms in total. The fourth-order valence-electron chi connectivity index (χ4n) is 3.80. The Morgan fingerprint density at radius 3 is 2.19 bits per heavy atom. The highest BCUT2D eigenvalue weighted by molar-refractivity contribution is 8.00. The lowest BCUT2D eigenvalue weighted by Crippen LogP contribution is -2.22. The lowest BCUT2D eigenvalue weighted by Gasteiger charge is -2.13. The Bertz CT molecular complexity index is 1480. The van der Waals surface area contributed by atoms with E-state index in [9.17, 15) is 9.59 Å². The number of thioether (sulfide) groups is 1. The third-order valence-electron chi connectivity index (χ3n) is 5.72. The highest BCUT2D eigenvalue weighted by Crippen LogP contribution is 2.27. The van der Waals surface area contributed by atoms with Gasteiger partial charge < -0.3 is 15.1 Å². The number of benzene rings is 4. The van der Waals surface area contributed by atoms with E-state index in [0.29, 0.717) is 18.0 Å². The van der Waals surface area contributed by atoms with E-state index in [1.165, 1.54) is 11.8 Å². The minimum absolute atomic E-state index is 0.0681. The van der Waals surface area contributed by atoms with Crippen LogP contribution in [0.4, 0.5) is 11.4 Å². The van der Waals surface area contributed by atoms with Crippen LogP contribution in [0.1, 0.15) is 12.5 Å².